The lowest BCUT2D eigenvalue weighted by Crippen LogP contribution is -2.10. The van der Waals surface area contributed by atoms with E-state index in [1.807, 2.05) is 0 Å². The number of ketones is 1. The van der Waals surface area contributed by atoms with Crippen LogP contribution in [0, 0.1) is 0 Å². The number of hydrogen-bond acceptors (Lipinski definition) is 4. The molecule has 1 unspecified atom stereocenters. The smallest absolute Gasteiger partial charge is 0.221 e. The summed E-state index contributed by atoms with van der Waals surface area (Å²) in [5.74, 6) is 0.241. The molecule has 2 rings (SSSR count). The Morgan fingerprint density at radius 2 is 2.17 bits per heavy atom. The van der Waals surface area contributed by atoms with Crippen molar-refractivity contribution in [3.63, 3.8) is 0 Å². The lowest BCUT2D eigenvalue weighted by Gasteiger charge is -2.10. The molecule has 1 aromatic carbocycles. The Balaban J connectivity index is 2.16. The molecule has 0 aromatic heterocycles. The molecular weight excluding hydrogens is 234 g/mol. The molecule has 1 aromatic rings. The van der Waals surface area contributed by atoms with Crippen molar-refractivity contribution < 1.29 is 19.1 Å². The minimum atomic E-state index is -0.176. The summed E-state index contributed by atoms with van der Waals surface area (Å²) in [6.07, 6.45) is 0.139. The van der Waals surface area contributed by atoms with E-state index in [-0.39, 0.29) is 17.8 Å². The summed E-state index contributed by atoms with van der Waals surface area (Å²) in [7, 11) is 0. The fourth-order valence-corrected chi connectivity index (χ4v) is 1.56. The molecule has 1 fully saturated rings. The van der Waals surface area contributed by atoms with Gasteiger partial charge in [0, 0.05) is 12.6 Å². The number of carbonyl (C=O) groups excluding carboxylic acids is 2. The molecule has 1 aliphatic rings. The first kappa shape index (κ1) is 12.6. The number of hydrogen-bond donors (Lipinski definition) is 1. The maximum absolute atomic E-state index is 11.5. The van der Waals surface area contributed by atoms with Gasteiger partial charge in [0.1, 0.15) is 18.5 Å². The lowest BCUT2D eigenvalue weighted by atomic mass is 10.1. The lowest BCUT2D eigenvalue weighted by molar-refractivity contribution is -0.114. The highest BCUT2D eigenvalue weighted by Gasteiger charge is 2.23. The van der Waals surface area contributed by atoms with Gasteiger partial charge in [0.05, 0.1) is 12.2 Å². The molecule has 18 heavy (non-hydrogen) atoms. The van der Waals surface area contributed by atoms with E-state index in [4.69, 9.17) is 9.47 Å². The van der Waals surface area contributed by atoms with Crippen molar-refractivity contribution in [2.75, 3.05) is 18.5 Å². The Bertz CT molecular complexity index is 480. The SMILES string of the molecule is CC(=O)Nc1ccc(OCC2CO2)c(C(C)=O)c1. The normalized spacial score (nSPS) is 17.1. The number of rotatable bonds is 5. The van der Waals surface area contributed by atoms with Gasteiger partial charge in [0.25, 0.3) is 0 Å². The highest BCUT2D eigenvalue weighted by molar-refractivity contribution is 5.99. The van der Waals surface area contributed by atoms with Crippen LogP contribution in [0.15, 0.2) is 18.2 Å². The molecule has 5 heteroatoms. The predicted molar refractivity (Wildman–Crippen MR) is 66.0 cm³/mol. The van der Waals surface area contributed by atoms with Crippen molar-refractivity contribution in [3.05, 3.63) is 23.8 Å². The Labute approximate surface area is 105 Å². The summed E-state index contributed by atoms with van der Waals surface area (Å²) in [5, 5.41) is 2.63. The van der Waals surface area contributed by atoms with E-state index in [0.717, 1.165) is 0 Å². The van der Waals surface area contributed by atoms with Gasteiger partial charge in [-0.05, 0) is 25.1 Å². The Morgan fingerprint density at radius 1 is 1.44 bits per heavy atom. The van der Waals surface area contributed by atoms with Crippen molar-refractivity contribution in [2.24, 2.45) is 0 Å². The zero-order valence-corrected chi connectivity index (χ0v) is 10.4. The molecule has 0 saturated carbocycles. The molecule has 0 bridgehead atoms. The topological polar surface area (TPSA) is 67.9 Å². The molecule has 0 spiro atoms. The van der Waals surface area contributed by atoms with Gasteiger partial charge in [0.2, 0.25) is 5.91 Å². The van der Waals surface area contributed by atoms with Gasteiger partial charge < -0.3 is 14.8 Å². The fourth-order valence-electron chi connectivity index (χ4n) is 1.56. The molecule has 0 radical (unpaired) electrons. The quantitative estimate of drug-likeness (QED) is 0.636. The summed E-state index contributed by atoms with van der Waals surface area (Å²) >= 11 is 0. The molecule has 1 amide bonds. The van der Waals surface area contributed by atoms with Gasteiger partial charge >= 0.3 is 0 Å². The van der Waals surface area contributed by atoms with Gasteiger partial charge in [-0.15, -0.1) is 0 Å². The number of amides is 1. The first-order chi connectivity index (χ1) is 8.56. The Morgan fingerprint density at radius 3 is 2.72 bits per heavy atom. The number of nitrogens with one attached hydrogen (secondary N) is 1. The third kappa shape index (κ3) is 3.30. The van der Waals surface area contributed by atoms with Crippen LogP contribution in [0.2, 0.25) is 0 Å². The summed E-state index contributed by atoms with van der Waals surface area (Å²) in [4.78, 5) is 22.5. The van der Waals surface area contributed by atoms with E-state index < -0.39 is 0 Å². The molecule has 1 saturated heterocycles. The molecular formula is C13H15NO4. The fraction of sp³-hybridized carbons (Fsp3) is 0.385. The highest BCUT2D eigenvalue weighted by Crippen LogP contribution is 2.24. The monoisotopic (exact) mass is 249 g/mol. The number of anilines is 1. The minimum Gasteiger partial charge on any atom is -0.490 e. The van der Waals surface area contributed by atoms with Crippen LogP contribution in [-0.4, -0.2) is 31.0 Å². The van der Waals surface area contributed by atoms with Crippen LogP contribution in [-0.2, 0) is 9.53 Å². The van der Waals surface area contributed by atoms with Gasteiger partial charge in [-0.2, -0.15) is 0 Å². The minimum absolute atomic E-state index is 0.103. The van der Waals surface area contributed by atoms with Crippen LogP contribution < -0.4 is 10.1 Å². The molecule has 5 nitrogen and oxygen atoms in total. The van der Waals surface area contributed by atoms with Crippen molar-refractivity contribution in [2.45, 2.75) is 20.0 Å². The maximum Gasteiger partial charge on any atom is 0.221 e. The summed E-state index contributed by atoms with van der Waals surface area (Å²) in [6.45, 7) is 4.04. The van der Waals surface area contributed by atoms with Crippen molar-refractivity contribution in [1.82, 2.24) is 0 Å². The summed E-state index contributed by atoms with van der Waals surface area (Å²) in [6, 6.07) is 5.01. The van der Waals surface area contributed by atoms with E-state index in [1.165, 1.54) is 13.8 Å². The van der Waals surface area contributed by atoms with Crippen LogP contribution in [0.1, 0.15) is 24.2 Å². The van der Waals surface area contributed by atoms with E-state index in [2.05, 4.69) is 5.32 Å². The zero-order chi connectivity index (χ0) is 13.1. The standard InChI is InChI=1S/C13H15NO4/c1-8(15)12-5-10(14-9(2)16)3-4-13(12)18-7-11-6-17-11/h3-5,11H,6-7H2,1-2H3,(H,14,16). The molecule has 0 aliphatic carbocycles. The molecule has 1 N–H and O–H groups in total. The first-order valence-corrected chi connectivity index (χ1v) is 5.73. The van der Waals surface area contributed by atoms with Gasteiger partial charge in [-0.1, -0.05) is 0 Å². The van der Waals surface area contributed by atoms with Crippen LogP contribution in [0.25, 0.3) is 0 Å². The van der Waals surface area contributed by atoms with Crippen molar-refractivity contribution in [1.29, 1.82) is 0 Å². The van der Waals surface area contributed by atoms with Crippen molar-refractivity contribution >= 4 is 17.4 Å². The van der Waals surface area contributed by atoms with Gasteiger partial charge in [0.15, 0.2) is 5.78 Å². The van der Waals surface area contributed by atoms with Crippen LogP contribution in [0.5, 0.6) is 5.75 Å². The molecule has 1 heterocycles. The summed E-state index contributed by atoms with van der Waals surface area (Å²) in [5.41, 5.74) is 1.05. The second-order valence-corrected chi connectivity index (χ2v) is 4.21. The van der Waals surface area contributed by atoms with Crippen molar-refractivity contribution in [3.8, 4) is 5.75 Å². The van der Waals surface area contributed by atoms with Crippen LogP contribution >= 0.6 is 0 Å². The van der Waals surface area contributed by atoms with Crippen LogP contribution in [0.4, 0.5) is 5.69 Å². The second-order valence-electron chi connectivity index (χ2n) is 4.21. The zero-order valence-electron chi connectivity index (χ0n) is 10.4. The summed E-state index contributed by atoms with van der Waals surface area (Å²) < 4.78 is 10.6. The molecule has 96 valence electrons. The van der Waals surface area contributed by atoms with Gasteiger partial charge in [-0.3, -0.25) is 9.59 Å². The number of carbonyl (C=O) groups is 2. The average Bonchev–Trinajstić information content (AvgIpc) is 3.10. The number of ether oxygens (including phenoxy) is 2. The molecule has 1 atom stereocenters. The van der Waals surface area contributed by atoms with E-state index >= 15 is 0 Å². The van der Waals surface area contributed by atoms with E-state index in [9.17, 15) is 9.59 Å². The average molecular weight is 249 g/mol. The predicted octanol–water partition coefficient (Wildman–Crippen LogP) is 1.63. The van der Waals surface area contributed by atoms with Gasteiger partial charge in [-0.25, -0.2) is 0 Å². The highest BCUT2D eigenvalue weighted by atomic mass is 16.6. The first-order valence-electron chi connectivity index (χ1n) is 5.73. The Kier molecular flexibility index (Phi) is 3.62. The Hall–Kier alpha value is -1.88. The third-order valence-electron chi connectivity index (χ3n) is 2.51. The van der Waals surface area contributed by atoms with Crippen LogP contribution in [0.3, 0.4) is 0 Å². The largest absolute Gasteiger partial charge is 0.490 e. The second kappa shape index (κ2) is 5.18. The van der Waals surface area contributed by atoms with E-state index in [0.29, 0.717) is 30.2 Å². The number of benzene rings is 1. The number of epoxide rings is 1. The number of Topliss-reactive ketones (excluding diaryl/α,β-unsaturated/α-hetero) is 1. The maximum atomic E-state index is 11.5. The van der Waals surface area contributed by atoms with E-state index in [1.54, 1.807) is 18.2 Å². The third-order valence-corrected chi connectivity index (χ3v) is 2.51. The molecule has 1 aliphatic heterocycles.